The molecule has 3 nitrogen and oxygen atoms in total. The number of piperazine rings is 1. The van der Waals surface area contributed by atoms with Gasteiger partial charge in [-0.3, -0.25) is 4.79 Å². The number of nitrogens with one attached hydrogen (secondary N) is 1. The molecule has 0 unspecified atom stereocenters. The summed E-state index contributed by atoms with van der Waals surface area (Å²) in [6.07, 6.45) is 0. The Labute approximate surface area is 85.7 Å². The molecule has 5 heteroatoms. The van der Waals surface area contributed by atoms with E-state index in [-0.39, 0.29) is 30.7 Å². The van der Waals surface area contributed by atoms with E-state index >= 15 is 0 Å². The number of rotatable bonds is 0. The Morgan fingerprint density at radius 1 is 1.50 bits per heavy atom. The summed E-state index contributed by atoms with van der Waals surface area (Å²) in [4.78, 5) is 12.8. The lowest BCUT2D eigenvalue weighted by Gasteiger charge is -2.32. The fourth-order valence-corrected chi connectivity index (χ4v) is 1.31. The molecule has 1 saturated heterocycles. The zero-order chi connectivity index (χ0) is 7.56. The number of amides is 1. The highest BCUT2D eigenvalue weighted by Gasteiger charge is 2.18. The van der Waals surface area contributed by atoms with E-state index < -0.39 is 0 Å². The number of hydrogen-bond donors (Lipinski definition) is 1. The summed E-state index contributed by atoms with van der Waals surface area (Å²) in [6, 6.07) is 0.367. The van der Waals surface area contributed by atoms with Gasteiger partial charge in [-0.05, 0) is 6.92 Å². The molecule has 1 amide bonds. The van der Waals surface area contributed by atoms with Crippen LogP contribution in [0.4, 0.5) is 0 Å². The van der Waals surface area contributed by atoms with E-state index in [2.05, 4.69) is 12.2 Å². The maximum Gasteiger partial charge on any atom is 0.219 e. The molecule has 0 aliphatic carbocycles. The highest BCUT2D eigenvalue weighted by atomic mass is 35.5. The van der Waals surface area contributed by atoms with E-state index in [1.54, 1.807) is 6.92 Å². The minimum atomic E-state index is 0. The first-order valence-electron chi connectivity index (χ1n) is 3.69. The van der Waals surface area contributed by atoms with Crippen molar-refractivity contribution in [2.24, 2.45) is 0 Å². The van der Waals surface area contributed by atoms with Crippen molar-refractivity contribution in [3.8, 4) is 0 Å². The van der Waals surface area contributed by atoms with Gasteiger partial charge in [-0.2, -0.15) is 0 Å². The van der Waals surface area contributed by atoms with Gasteiger partial charge in [0.25, 0.3) is 0 Å². The quantitative estimate of drug-likeness (QED) is 0.644. The monoisotopic (exact) mass is 214 g/mol. The summed E-state index contributed by atoms with van der Waals surface area (Å²) in [5.41, 5.74) is 0. The summed E-state index contributed by atoms with van der Waals surface area (Å²) < 4.78 is 0. The largest absolute Gasteiger partial charge is 0.338 e. The molecule has 1 aliphatic heterocycles. The minimum Gasteiger partial charge on any atom is -0.338 e. The normalized spacial score (nSPS) is 22.2. The molecule has 0 spiro atoms. The molecule has 12 heavy (non-hydrogen) atoms. The Kier molecular flexibility index (Phi) is 7.89. The third-order valence-corrected chi connectivity index (χ3v) is 1.91. The first-order valence-corrected chi connectivity index (χ1v) is 3.69. The van der Waals surface area contributed by atoms with E-state index in [1.807, 2.05) is 4.90 Å². The summed E-state index contributed by atoms with van der Waals surface area (Å²) in [6.45, 7) is 6.41. The van der Waals surface area contributed by atoms with Crippen molar-refractivity contribution in [2.75, 3.05) is 19.6 Å². The van der Waals surface area contributed by atoms with Gasteiger partial charge in [0.05, 0.1) is 0 Å². The molecule has 0 bridgehead atoms. The summed E-state index contributed by atoms with van der Waals surface area (Å²) >= 11 is 0. The second-order valence-corrected chi connectivity index (χ2v) is 2.77. The fourth-order valence-electron chi connectivity index (χ4n) is 1.31. The Hall–Kier alpha value is 0.01000. The smallest absolute Gasteiger partial charge is 0.219 e. The number of halogens is 2. The standard InChI is InChI=1S/C7H14N2O.2ClH/c1-6-5-8-3-4-9(6)7(2)10;;/h6,8H,3-5H2,1-2H3;2*1H/t6-;;/m1../s1. The molecule has 0 aromatic carbocycles. The van der Waals surface area contributed by atoms with Gasteiger partial charge in [-0.1, -0.05) is 0 Å². The lowest BCUT2D eigenvalue weighted by atomic mass is 10.2. The zero-order valence-corrected chi connectivity index (χ0v) is 9.00. The van der Waals surface area contributed by atoms with Gasteiger partial charge in [0.2, 0.25) is 5.91 Å². The van der Waals surface area contributed by atoms with Crippen LogP contribution in [0, 0.1) is 0 Å². The number of carbonyl (C=O) groups excluding carboxylic acids is 1. The topological polar surface area (TPSA) is 32.3 Å². The first-order chi connectivity index (χ1) is 4.72. The van der Waals surface area contributed by atoms with Crippen LogP contribution in [-0.2, 0) is 4.79 Å². The predicted molar refractivity (Wildman–Crippen MR) is 54.2 cm³/mol. The third-order valence-electron chi connectivity index (χ3n) is 1.91. The van der Waals surface area contributed by atoms with Gasteiger partial charge in [0, 0.05) is 32.6 Å². The second-order valence-electron chi connectivity index (χ2n) is 2.77. The van der Waals surface area contributed by atoms with Gasteiger partial charge in [-0.25, -0.2) is 0 Å². The van der Waals surface area contributed by atoms with Crippen molar-refractivity contribution in [1.82, 2.24) is 10.2 Å². The van der Waals surface area contributed by atoms with Crippen molar-refractivity contribution in [1.29, 1.82) is 0 Å². The summed E-state index contributed by atoms with van der Waals surface area (Å²) in [5, 5.41) is 3.23. The van der Waals surface area contributed by atoms with Crippen LogP contribution in [-0.4, -0.2) is 36.5 Å². The molecule has 1 aliphatic rings. The number of carbonyl (C=O) groups is 1. The van der Waals surface area contributed by atoms with Crippen LogP contribution in [0.15, 0.2) is 0 Å². The van der Waals surface area contributed by atoms with Crippen molar-refractivity contribution in [3.05, 3.63) is 0 Å². The average molecular weight is 215 g/mol. The molecule has 1 rings (SSSR count). The molecule has 1 N–H and O–H groups in total. The van der Waals surface area contributed by atoms with Crippen molar-refractivity contribution in [3.63, 3.8) is 0 Å². The van der Waals surface area contributed by atoms with Crippen LogP contribution in [0.25, 0.3) is 0 Å². The van der Waals surface area contributed by atoms with E-state index in [0.29, 0.717) is 6.04 Å². The lowest BCUT2D eigenvalue weighted by Crippen LogP contribution is -2.51. The molecule has 1 fully saturated rings. The van der Waals surface area contributed by atoms with Crippen LogP contribution in [0.5, 0.6) is 0 Å². The molecule has 0 saturated carbocycles. The van der Waals surface area contributed by atoms with E-state index in [9.17, 15) is 4.79 Å². The summed E-state index contributed by atoms with van der Waals surface area (Å²) in [5.74, 6) is 0.189. The Balaban J connectivity index is 0. The maximum atomic E-state index is 10.9. The number of nitrogens with zero attached hydrogens (tertiary/aromatic N) is 1. The van der Waals surface area contributed by atoms with Gasteiger partial charge in [-0.15, -0.1) is 24.8 Å². The number of hydrogen-bond acceptors (Lipinski definition) is 2. The van der Waals surface area contributed by atoms with Crippen LogP contribution < -0.4 is 5.32 Å². The van der Waals surface area contributed by atoms with E-state index in [0.717, 1.165) is 19.6 Å². The minimum absolute atomic E-state index is 0. The molecule has 74 valence electrons. The Bertz CT molecular complexity index is 143. The van der Waals surface area contributed by atoms with Crippen LogP contribution in [0.2, 0.25) is 0 Å². The van der Waals surface area contributed by atoms with Crippen LogP contribution in [0.1, 0.15) is 13.8 Å². The zero-order valence-electron chi connectivity index (χ0n) is 7.37. The van der Waals surface area contributed by atoms with Crippen molar-refractivity contribution < 1.29 is 4.79 Å². The first kappa shape index (κ1) is 14.5. The molecular weight excluding hydrogens is 199 g/mol. The lowest BCUT2D eigenvalue weighted by molar-refractivity contribution is -0.131. The molecular formula is C7H16Cl2N2O. The third kappa shape index (κ3) is 3.61. The van der Waals surface area contributed by atoms with Gasteiger partial charge >= 0.3 is 0 Å². The maximum absolute atomic E-state index is 10.9. The van der Waals surface area contributed by atoms with Gasteiger partial charge in [0.15, 0.2) is 0 Å². The highest BCUT2D eigenvalue weighted by molar-refractivity contribution is 5.85. The van der Waals surface area contributed by atoms with E-state index in [1.165, 1.54) is 0 Å². The predicted octanol–water partition coefficient (Wildman–Crippen LogP) is 0.670. The molecule has 0 aromatic heterocycles. The van der Waals surface area contributed by atoms with Crippen molar-refractivity contribution >= 4 is 30.7 Å². The Morgan fingerprint density at radius 3 is 2.42 bits per heavy atom. The molecule has 0 radical (unpaired) electrons. The van der Waals surface area contributed by atoms with E-state index in [4.69, 9.17) is 0 Å². The van der Waals surface area contributed by atoms with Gasteiger partial charge < -0.3 is 10.2 Å². The second kappa shape index (κ2) is 6.52. The molecule has 1 heterocycles. The van der Waals surface area contributed by atoms with Crippen LogP contribution >= 0.6 is 24.8 Å². The highest BCUT2D eigenvalue weighted by Crippen LogP contribution is 2.01. The fraction of sp³-hybridized carbons (Fsp3) is 0.857. The van der Waals surface area contributed by atoms with Crippen LogP contribution in [0.3, 0.4) is 0 Å². The molecule has 1 atom stereocenters. The van der Waals surface area contributed by atoms with Gasteiger partial charge in [0.1, 0.15) is 0 Å². The molecule has 0 aromatic rings. The van der Waals surface area contributed by atoms with Crippen molar-refractivity contribution in [2.45, 2.75) is 19.9 Å². The average Bonchev–Trinajstić information content (AvgIpc) is 1.88. The summed E-state index contributed by atoms with van der Waals surface area (Å²) in [7, 11) is 0. The SMILES string of the molecule is CC(=O)N1CCNC[C@H]1C.Cl.Cl. The Morgan fingerprint density at radius 2 is 2.08 bits per heavy atom.